The Bertz CT molecular complexity index is 1120. The summed E-state index contributed by atoms with van der Waals surface area (Å²) < 4.78 is 31.9. The Labute approximate surface area is 182 Å². The van der Waals surface area contributed by atoms with Crippen LogP contribution in [0.3, 0.4) is 0 Å². The summed E-state index contributed by atoms with van der Waals surface area (Å²) in [6.07, 6.45) is 3.27. The third-order valence-electron chi connectivity index (χ3n) is 5.67. The third-order valence-corrected chi connectivity index (χ3v) is 7.36. The molecule has 0 radical (unpaired) electrons. The minimum absolute atomic E-state index is 0.0649. The molecule has 31 heavy (non-hydrogen) atoms. The van der Waals surface area contributed by atoms with Crippen LogP contribution in [0.15, 0.2) is 32.7 Å². The molecule has 2 aromatic rings. The standard InChI is InChI=1S/C21H27N5O4S/c1-4-5-18-22-19(30-24-18)13-26-16-12-15(3)6-7-17(16)31(28,29)20(23-26)21(27)25-10-8-14(2)9-11-25/h6-7,12,14H,4-5,8-11,13H2,1-3H3. The fraction of sp³-hybridized carbons (Fsp3) is 0.524. The van der Waals surface area contributed by atoms with E-state index in [2.05, 4.69) is 22.2 Å². The number of nitrogens with zero attached hydrogens (tertiary/aromatic N) is 5. The van der Waals surface area contributed by atoms with Crippen molar-refractivity contribution in [2.24, 2.45) is 11.0 Å². The van der Waals surface area contributed by atoms with E-state index in [0.717, 1.165) is 24.8 Å². The first-order valence-corrected chi connectivity index (χ1v) is 12.1. The van der Waals surface area contributed by atoms with Gasteiger partial charge in [-0.2, -0.15) is 10.1 Å². The number of hydrazone groups is 1. The molecule has 1 fully saturated rings. The Hall–Kier alpha value is -2.75. The van der Waals surface area contributed by atoms with Crippen LogP contribution in [-0.4, -0.2) is 47.5 Å². The first-order valence-electron chi connectivity index (χ1n) is 10.6. The predicted molar refractivity (Wildman–Crippen MR) is 115 cm³/mol. The summed E-state index contributed by atoms with van der Waals surface area (Å²) in [5, 5.41) is 9.28. The molecular weight excluding hydrogens is 418 g/mol. The lowest BCUT2D eigenvalue weighted by atomic mass is 9.99. The number of hydrogen-bond donors (Lipinski definition) is 0. The summed E-state index contributed by atoms with van der Waals surface area (Å²) in [5.41, 5.74) is 1.28. The van der Waals surface area contributed by atoms with Gasteiger partial charge in [0.05, 0.1) is 10.6 Å². The van der Waals surface area contributed by atoms with Crippen molar-refractivity contribution in [1.82, 2.24) is 15.0 Å². The number of carbonyl (C=O) groups is 1. The number of sulfone groups is 1. The van der Waals surface area contributed by atoms with E-state index in [0.29, 0.717) is 42.8 Å². The van der Waals surface area contributed by atoms with Crippen LogP contribution in [0.1, 0.15) is 50.4 Å². The number of anilines is 1. The Morgan fingerprint density at radius 1 is 1.26 bits per heavy atom. The van der Waals surface area contributed by atoms with Gasteiger partial charge < -0.3 is 9.42 Å². The third kappa shape index (κ3) is 4.21. The van der Waals surface area contributed by atoms with Gasteiger partial charge in [0.2, 0.25) is 20.8 Å². The number of rotatable bonds is 5. The minimum Gasteiger partial charge on any atom is -0.337 e. The van der Waals surface area contributed by atoms with Crippen LogP contribution in [0, 0.1) is 12.8 Å². The normalized spacial score (nSPS) is 18.6. The monoisotopic (exact) mass is 445 g/mol. The van der Waals surface area contributed by atoms with Gasteiger partial charge in [-0.15, -0.1) is 0 Å². The highest BCUT2D eigenvalue weighted by Crippen LogP contribution is 2.34. The SMILES string of the molecule is CCCc1noc(CN2N=C(C(=O)N3CCC(C)CC3)S(=O)(=O)c3ccc(C)cc32)n1. The number of piperidine rings is 1. The Morgan fingerprint density at radius 2 is 2.00 bits per heavy atom. The lowest BCUT2D eigenvalue weighted by Gasteiger charge is -2.32. The summed E-state index contributed by atoms with van der Waals surface area (Å²) in [6, 6.07) is 4.99. The molecule has 0 spiro atoms. The van der Waals surface area contributed by atoms with Gasteiger partial charge in [-0.05, 0) is 49.8 Å². The molecule has 9 nitrogen and oxygen atoms in total. The van der Waals surface area contributed by atoms with E-state index >= 15 is 0 Å². The van der Waals surface area contributed by atoms with Gasteiger partial charge in [-0.25, -0.2) is 8.42 Å². The average molecular weight is 446 g/mol. The number of aryl methyl sites for hydroxylation is 2. The van der Waals surface area contributed by atoms with Crippen molar-refractivity contribution >= 4 is 26.5 Å². The molecule has 1 saturated heterocycles. The molecule has 0 N–H and O–H groups in total. The molecule has 0 aliphatic carbocycles. The van der Waals surface area contributed by atoms with Gasteiger partial charge in [0.25, 0.3) is 5.91 Å². The maximum Gasteiger partial charge on any atom is 0.286 e. The van der Waals surface area contributed by atoms with Gasteiger partial charge in [0.15, 0.2) is 5.82 Å². The van der Waals surface area contributed by atoms with E-state index < -0.39 is 20.8 Å². The van der Waals surface area contributed by atoms with Crippen molar-refractivity contribution < 1.29 is 17.7 Å². The molecule has 0 unspecified atom stereocenters. The zero-order chi connectivity index (χ0) is 22.2. The Kier molecular flexibility index (Phi) is 5.83. The highest BCUT2D eigenvalue weighted by atomic mass is 32.2. The number of amides is 1. The molecule has 4 rings (SSSR count). The second-order valence-corrected chi connectivity index (χ2v) is 10.1. The van der Waals surface area contributed by atoms with Crippen molar-refractivity contribution in [1.29, 1.82) is 0 Å². The quantitative estimate of drug-likeness (QED) is 0.696. The van der Waals surface area contributed by atoms with Gasteiger partial charge in [-0.3, -0.25) is 9.80 Å². The van der Waals surface area contributed by atoms with Crippen LogP contribution in [0.4, 0.5) is 5.69 Å². The summed E-state index contributed by atoms with van der Waals surface area (Å²) in [5.74, 6) is 0.871. The topological polar surface area (TPSA) is 109 Å². The minimum atomic E-state index is -4.04. The van der Waals surface area contributed by atoms with Crippen LogP contribution in [0.2, 0.25) is 0 Å². The van der Waals surface area contributed by atoms with Crippen LogP contribution in [-0.2, 0) is 27.6 Å². The number of hydrogen-bond acceptors (Lipinski definition) is 8. The van der Waals surface area contributed by atoms with Crippen LogP contribution < -0.4 is 5.01 Å². The van der Waals surface area contributed by atoms with Crippen LogP contribution in [0.5, 0.6) is 0 Å². The molecule has 166 valence electrons. The van der Waals surface area contributed by atoms with E-state index in [1.54, 1.807) is 17.0 Å². The molecule has 1 amide bonds. The smallest absolute Gasteiger partial charge is 0.286 e. The van der Waals surface area contributed by atoms with Crippen molar-refractivity contribution in [2.45, 2.75) is 57.9 Å². The number of benzene rings is 1. The van der Waals surface area contributed by atoms with E-state index in [1.165, 1.54) is 11.1 Å². The summed E-state index contributed by atoms with van der Waals surface area (Å²) in [6.45, 7) is 7.16. The first kappa shape index (κ1) is 21.5. The van der Waals surface area contributed by atoms with Crippen molar-refractivity contribution in [3.63, 3.8) is 0 Å². The van der Waals surface area contributed by atoms with Gasteiger partial charge in [-0.1, -0.05) is 25.1 Å². The van der Waals surface area contributed by atoms with E-state index in [1.807, 2.05) is 13.8 Å². The van der Waals surface area contributed by atoms with Crippen molar-refractivity contribution in [3.8, 4) is 0 Å². The van der Waals surface area contributed by atoms with E-state index in [9.17, 15) is 13.2 Å². The molecule has 0 atom stereocenters. The number of likely N-dealkylation sites (tertiary alicyclic amines) is 1. The molecule has 2 aliphatic rings. The molecule has 2 aliphatic heterocycles. The fourth-order valence-electron chi connectivity index (χ4n) is 3.81. The summed E-state index contributed by atoms with van der Waals surface area (Å²) in [4.78, 5) is 19.2. The molecule has 3 heterocycles. The number of carbonyl (C=O) groups excluding carboxylic acids is 1. The highest BCUT2D eigenvalue weighted by molar-refractivity contribution is 8.08. The lowest BCUT2D eigenvalue weighted by molar-refractivity contribution is -0.125. The number of fused-ring (bicyclic) bond motifs is 1. The highest BCUT2D eigenvalue weighted by Gasteiger charge is 2.40. The van der Waals surface area contributed by atoms with Crippen molar-refractivity contribution in [3.05, 3.63) is 35.5 Å². The largest absolute Gasteiger partial charge is 0.337 e. The summed E-state index contributed by atoms with van der Waals surface area (Å²) in [7, 11) is -4.04. The van der Waals surface area contributed by atoms with E-state index in [-0.39, 0.29) is 11.4 Å². The predicted octanol–water partition coefficient (Wildman–Crippen LogP) is 2.70. The van der Waals surface area contributed by atoms with Crippen molar-refractivity contribution in [2.75, 3.05) is 18.1 Å². The van der Waals surface area contributed by atoms with Crippen LogP contribution >= 0.6 is 0 Å². The molecule has 1 aromatic carbocycles. The molecular formula is C21H27N5O4S. The first-order chi connectivity index (χ1) is 14.8. The molecule has 0 saturated carbocycles. The van der Waals surface area contributed by atoms with Gasteiger partial charge >= 0.3 is 0 Å². The Morgan fingerprint density at radius 3 is 2.71 bits per heavy atom. The summed E-state index contributed by atoms with van der Waals surface area (Å²) >= 11 is 0. The second kappa shape index (κ2) is 8.41. The average Bonchev–Trinajstić information content (AvgIpc) is 3.17. The second-order valence-electron chi connectivity index (χ2n) is 8.27. The van der Waals surface area contributed by atoms with Gasteiger partial charge in [0.1, 0.15) is 6.54 Å². The number of aromatic nitrogens is 2. The van der Waals surface area contributed by atoms with E-state index in [4.69, 9.17) is 4.52 Å². The lowest BCUT2D eigenvalue weighted by Crippen LogP contribution is -2.46. The van der Waals surface area contributed by atoms with Gasteiger partial charge in [0, 0.05) is 19.5 Å². The zero-order valence-corrected chi connectivity index (χ0v) is 18.9. The maximum absolute atomic E-state index is 13.3. The molecule has 0 bridgehead atoms. The molecule has 10 heteroatoms. The Balaban J connectivity index is 1.71. The maximum atomic E-state index is 13.3. The fourth-order valence-corrected chi connectivity index (χ4v) is 5.27. The zero-order valence-electron chi connectivity index (χ0n) is 18.0. The molecule has 1 aromatic heterocycles. The van der Waals surface area contributed by atoms with Crippen LogP contribution in [0.25, 0.3) is 0 Å².